The summed E-state index contributed by atoms with van der Waals surface area (Å²) < 4.78 is 4.78. The molecule has 1 aromatic rings. The van der Waals surface area contributed by atoms with Crippen molar-refractivity contribution in [2.75, 3.05) is 0 Å². The molecule has 0 radical (unpaired) electrons. The smallest absolute Gasteiger partial charge is 0.359 e. The van der Waals surface area contributed by atoms with Gasteiger partial charge in [0.25, 0.3) is 5.91 Å². The van der Waals surface area contributed by atoms with Crippen LogP contribution in [0.4, 0.5) is 4.79 Å². The fourth-order valence-corrected chi connectivity index (χ4v) is 0.996. The molecule has 0 bridgehead atoms. The largest absolute Gasteiger partial charge is 0.448 e. The van der Waals surface area contributed by atoms with Gasteiger partial charge in [-0.2, -0.15) is 0 Å². The molecule has 1 atom stereocenters. The number of carbonyl (C=O) groups is 3. The van der Waals surface area contributed by atoms with E-state index in [-0.39, 0.29) is 5.69 Å². The lowest BCUT2D eigenvalue weighted by molar-refractivity contribution is -0.127. The summed E-state index contributed by atoms with van der Waals surface area (Å²) in [4.78, 5) is 40.9. The number of nitrogens with one attached hydrogen (secondary N) is 1. The van der Waals surface area contributed by atoms with Crippen molar-refractivity contribution in [3.05, 3.63) is 23.8 Å². The van der Waals surface area contributed by atoms with Crippen molar-refractivity contribution in [3.63, 3.8) is 0 Å². The molecule has 0 saturated heterocycles. The van der Waals surface area contributed by atoms with Crippen LogP contribution in [0.15, 0.2) is 12.4 Å². The van der Waals surface area contributed by atoms with Gasteiger partial charge in [0.05, 0.1) is 11.9 Å². The second-order valence-electron chi connectivity index (χ2n) is 3.44. The van der Waals surface area contributed by atoms with Crippen molar-refractivity contribution in [3.8, 4) is 0 Å². The van der Waals surface area contributed by atoms with Crippen molar-refractivity contribution in [2.24, 2.45) is 5.73 Å². The average Bonchev–Trinajstić information content (AvgIpc) is 2.28. The second kappa shape index (κ2) is 5.71. The van der Waals surface area contributed by atoms with Gasteiger partial charge in [0, 0.05) is 6.20 Å². The van der Waals surface area contributed by atoms with Gasteiger partial charge in [-0.05, 0) is 13.8 Å². The number of aryl methyl sites for hydroxylation is 1. The maximum Gasteiger partial charge on any atom is 0.359 e. The Bertz CT molecular complexity index is 471. The Morgan fingerprint density at radius 3 is 2.50 bits per heavy atom. The predicted octanol–water partition coefficient (Wildman–Crippen LogP) is -0.475. The number of carbonyl (C=O) groups excluding carboxylic acids is 3. The molecule has 3 N–H and O–H groups in total. The third-order valence-electron chi connectivity index (χ3n) is 1.89. The quantitative estimate of drug-likeness (QED) is 0.700. The van der Waals surface area contributed by atoms with Crippen LogP contribution in [-0.4, -0.2) is 34.0 Å². The van der Waals surface area contributed by atoms with E-state index in [2.05, 4.69) is 9.97 Å². The van der Waals surface area contributed by atoms with Gasteiger partial charge in [-0.25, -0.2) is 14.6 Å². The van der Waals surface area contributed by atoms with Gasteiger partial charge in [-0.3, -0.25) is 15.1 Å². The van der Waals surface area contributed by atoms with E-state index in [1.807, 2.05) is 0 Å². The lowest BCUT2D eigenvalue weighted by atomic mass is 10.3. The topological polar surface area (TPSA) is 124 Å². The average molecular weight is 252 g/mol. The fourth-order valence-electron chi connectivity index (χ4n) is 0.996. The van der Waals surface area contributed by atoms with Crippen LogP contribution in [0.2, 0.25) is 0 Å². The summed E-state index contributed by atoms with van der Waals surface area (Å²) in [5, 5.41) is 1.80. The van der Waals surface area contributed by atoms with Crippen LogP contribution in [0, 0.1) is 6.92 Å². The van der Waals surface area contributed by atoms with Crippen molar-refractivity contribution in [1.29, 1.82) is 0 Å². The molecule has 3 amide bonds. The number of amides is 3. The highest BCUT2D eigenvalue weighted by Crippen LogP contribution is 2.00. The number of ether oxygens (including phenoxy) is 1. The van der Waals surface area contributed by atoms with Crippen LogP contribution in [0.3, 0.4) is 0 Å². The summed E-state index contributed by atoms with van der Waals surface area (Å²) in [6.07, 6.45) is 1.47. The SMILES string of the molecule is Cc1cnc(C(=O)O[C@@H](C)C(=O)NC(N)=O)cn1. The van der Waals surface area contributed by atoms with Gasteiger partial charge in [-0.15, -0.1) is 0 Å². The van der Waals surface area contributed by atoms with Gasteiger partial charge in [-0.1, -0.05) is 0 Å². The number of aromatic nitrogens is 2. The van der Waals surface area contributed by atoms with Crippen LogP contribution >= 0.6 is 0 Å². The van der Waals surface area contributed by atoms with Crippen molar-refractivity contribution < 1.29 is 19.1 Å². The first-order valence-electron chi connectivity index (χ1n) is 5.00. The minimum absolute atomic E-state index is 0.0284. The van der Waals surface area contributed by atoms with E-state index in [9.17, 15) is 14.4 Å². The second-order valence-corrected chi connectivity index (χ2v) is 3.44. The van der Waals surface area contributed by atoms with Gasteiger partial charge in [0.1, 0.15) is 0 Å². The maximum atomic E-state index is 11.5. The molecule has 0 aliphatic heterocycles. The first-order chi connectivity index (χ1) is 8.40. The molecule has 0 aliphatic carbocycles. The maximum absolute atomic E-state index is 11.5. The highest BCUT2D eigenvalue weighted by atomic mass is 16.5. The number of urea groups is 1. The van der Waals surface area contributed by atoms with Crippen LogP contribution in [0.25, 0.3) is 0 Å². The first-order valence-corrected chi connectivity index (χ1v) is 5.00. The summed E-state index contributed by atoms with van der Waals surface area (Å²) >= 11 is 0. The zero-order valence-corrected chi connectivity index (χ0v) is 9.84. The molecular formula is C10H12N4O4. The van der Waals surface area contributed by atoms with Crippen LogP contribution in [0.5, 0.6) is 0 Å². The number of primary amides is 1. The molecule has 18 heavy (non-hydrogen) atoms. The summed E-state index contributed by atoms with van der Waals surface area (Å²) in [7, 11) is 0. The lowest BCUT2D eigenvalue weighted by Crippen LogP contribution is -2.42. The van der Waals surface area contributed by atoms with Gasteiger partial charge in [0.15, 0.2) is 11.8 Å². The lowest BCUT2D eigenvalue weighted by Gasteiger charge is -2.11. The molecule has 0 saturated carbocycles. The Balaban J connectivity index is 2.62. The zero-order valence-electron chi connectivity index (χ0n) is 9.84. The Labute approximate surface area is 103 Å². The van der Waals surface area contributed by atoms with Crippen LogP contribution in [-0.2, 0) is 9.53 Å². The molecule has 0 fully saturated rings. The molecule has 0 aromatic carbocycles. The van der Waals surface area contributed by atoms with Crippen LogP contribution in [0.1, 0.15) is 23.1 Å². The van der Waals surface area contributed by atoms with Crippen molar-refractivity contribution >= 4 is 17.9 Å². The van der Waals surface area contributed by atoms with E-state index >= 15 is 0 Å². The summed E-state index contributed by atoms with van der Waals surface area (Å²) in [5.41, 5.74) is 5.37. The Morgan fingerprint density at radius 1 is 1.33 bits per heavy atom. The standard InChI is InChI=1S/C10H12N4O4/c1-5-3-13-7(4-12-5)9(16)18-6(2)8(15)14-10(11)17/h3-4,6H,1-2H3,(H3,11,14,15,17)/t6-/m0/s1. The molecule has 1 rings (SSSR count). The Kier molecular flexibility index (Phi) is 4.30. The highest BCUT2D eigenvalue weighted by Gasteiger charge is 2.20. The normalized spacial score (nSPS) is 11.4. The molecule has 1 aromatic heterocycles. The zero-order chi connectivity index (χ0) is 13.7. The van der Waals surface area contributed by atoms with E-state index < -0.39 is 24.0 Å². The van der Waals surface area contributed by atoms with E-state index in [1.54, 1.807) is 12.2 Å². The number of esters is 1. The van der Waals surface area contributed by atoms with Crippen molar-refractivity contribution in [1.82, 2.24) is 15.3 Å². The molecule has 0 aliphatic rings. The first kappa shape index (κ1) is 13.6. The summed E-state index contributed by atoms with van der Waals surface area (Å²) in [6.45, 7) is 3.02. The Morgan fingerprint density at radius 2 is 2.00 bits per heavy atom. The Hall–Kier alpha value is -2.51. The molecule has 0 spiro atoms. The molecule has 1 heterocycles. The van der Waals surface area contributed by atoms with E-state index in [1.165, 1.54) is 19.3 Å². The minimum Gasteiger partial charge on any atom is -0.448 e. The van der Waals surface area contributed by atoms with Crippen molar-refractivity contribution in [2.45, 2.75) is 20.0 Å². The third kappa shape index (κ3) is 3.81. The molecular weight excluding hydrogens is 240 g/mol. The molecule has 96 valence electrons. The number of nitrogens with two attached hydrogens (primary N) is 1. The number of hydrogen-bond donors (Lipinski definition) is 2. The summed E-state index contributed by atoms with van der Waals surface area (Å²) in [6, 6.07) is -1.02. The van der Waals surface area contributed by atoms with E-state index in [4.69, 9.17) is 10.5 Å². The van der Waals surface area contributed by atoms with E-state index in [0.717, 1.165) is 0 Å². The third-order valence-corrected chi connectivity index (χ3v) is 1.89. The fraction of sp³-hybridized carbons (Fsp3) is 0.300. The van der Waals surface area contributed by atoms with Gasteiger partial charge < -0.3 is 10.5 Å². The molecule has 0 unspecified atom stereocenters. The van der Waals surface area contributed by atoms with Gasteiger partial charge >= 0.3 is 12.0 Å². The molecule has 8 nitrogen and oxygen atoms in total. The van der Waals surface area contributed by atoms with E-state index in [0.29, 0.717) is 5.69 Å². The van der Waals surface area contributed by atoms with Gasteiger partial charge in [0.2, 0.25) is 0 Å². The monoisotopic (exact) mass is 252 g/mol. The number of hydrogen-bond acceptors (Lipinski definition) is 6. The summed E-state index contributed by atoms with van der Waals surface area (Å²) in [5.74, 6) is -1.62. The highest BCUT2D eigenvalue weighted by molar-refractivity contribution is 5.97. The minimum atomic E-state index is -1.16. The predicted molar refractivity (Wildman–Crippen MR) is 59.4 cm³/mol. The molecule has 8 heteroatoms. The number of rotatable bonds is 3. The van der Waals surface area contributed by atoms with Crippen LogP contribution < -0.4 is 11.1 Å². The number of imide groups is 1. The number of nitrogens with zero attached hydrogens (tertiary/aromatic N) is 2.